The van der Waals surface area contributed by atoms with Crippen LogP contribution in [0.4, 0.5) is 11.5 Å². The van der Waals surface area contributed by atoms with E-state index in [2.05, 4.69) is 4.98 Å². The molecule has 106 valence electrons. The molecular weight excluding hydrogens is 254 g/mol. The highest BCUT2D eigenvalue weighted by molar-refractivity contribution is 5.90. The first kappa shape index (κ1) is 14.2. The summed E-state index contributed by atoms with van der Waals surface area (Å²) in [6.07, 6.45) is 0. The smallest absolute Gasteiger partial charge is 0.273 e. The zero-order valence-corrected chi connectivity index (χ0v) is 12.4. The molecule has 2 rings (SSSR count). The molecule has 0 aliphatic carbocycles. The second kappa shape index (κ2) is 4.44. The predicted molar refractivity (Wildman–Crippen MR) is 81.0 cm³/mol. The number of aromatic nitrogens is 1. The van der Waals surface area contributed by atoms with Crippen molar-refractivity contribution in [2.75, 3.05) is 5.73 Å². The second-order valence-electron chi connectivity index (χ2n) is 6.16. The number of nitro groups is 1. The predicted octanol–water partition coefficient (Wildman–Crippen LogP) is 3.64. The van der Waals surface area contributed by atoms with Gasteiger partial charge in [-0.05, 0) is 30.9 Å². The average molecular weight is 273 g/mol. The molecule has 1 aromatic heterocycles. The Balaban J connectivity index is 2.91. The van der Waals surface area contributed by atoms with E-state index < -0.39 is 0 Å². The Morgan fingerprint density at radius 2 is 1.85 bits per heavy atom. The van der Waals surface area contributed by atoms with Crippen LogP contribution in [0.2, 0.25) is 0 Å². The third kappa shape index (κ3) is 2.19. The number of nitrogens with two attached hydrogens (primary N) is 1. The highest BCUT2D eigenvalue weighted by Crippen LogP contribution is 2.35. The van der Waals surface area contributed by atoms with Crippen LogP contribution >= 0.6 is 0 Å². The average Bonchev–Trinajstić information content (AvgIpc) is 2.31. The van der Waals surface area contributed by atoms with Crippen LogP contribution in [-0.2, 0) is 5.41 Å². The van der Waals surface area contributed by atoms with Crippen LogP contribution in [0.3, 0.4) is 0 Å². The number of rotatable bonds is 1. The first-order valence-electron chi connectivity index (χ1n) is 6.48. The molecule has 1 aromatic carbocycles. The molecule has 1 heterocycles. The fraction of sp³-hybridized carbons (Fsp3) is 0.400. The van der Waals surface area contributed by atoms with E-state index in [-0.39, 0.29) is 16.0 Å². The van der Waals surface area contributed by atoms with Crippen LogP contribution in [0, 0.1) is 24.0 Å². The monoisotopic (exact) mass is 273 g/mol. The number of nitrogens with zero attached hydrogens (tertiary/aromatic N) is 2. The van der Waals surface area contributed by atoms with Crippen LogP contribution in [0.1, 0.15) is 37.5 Å². The van der Waals surface area contributed by atoms with Crippen molar-refractivity contribution in [2.24, 2.45) is 0 Å². The summed E-state index contributed by atoms with van der Waals surface area (Å²) >= 11 is 0. The summed E-state index contributed by atoms with van der Waals surface area (Å²) in [5.41, 5.74) is 9.06. The number of benzene rings is 1. The second-order valence-corrected chi connectivity index (χ2v) is 6.16. The highest BCUT2D eigenvalue weighted by atomic mass is 16.6. The minimum Gasteiger partial charge on any atom is -0.383 e. The summed E-state index contributed by atoms with van der Waals surface area (Å²) in [5, 5.41) is 11.9. The number of nitro benzene ring substituents is 1. The molecule has 0 unspecified atom stereocenters. The van der Waals surface area contributed by atoms with Gasteiger partial charge < -0.3 is 5.73 Å². The Labute approximate surface area is 118 Å². The molecule has 20 heavy (non-hydrogen) atoms. The van der Waals surface area contributed by atoms with Crippen molar-refractivity contribution in [1.29, 1.82) is 0 Å². The fourth-order valence-corrected chi connectivity index (χ4v) is 2.42. The van der Waals surface area contributed by atoms with Crippen LogP contribution < -0.4 is 5.73 Å². The molecule has 0 radical (unpaired) electrons. The molecule has 0 atom stereocenters. The topological polar surface area (TPSA) is 82.0 Å². The minimum atomic E-state index is -0.352. The SMILES string of the molecule is Cc1c([N+](=O)[O-])cc(C)c2nc(N)c(C(C)(C)C)cc12. The molecule has 0 bridgehead atoms. The molecule has 2 aromatic rings. The van der Waals surface area contributed by atoms with E-state index in [0.717, 1.165) is 22.0 Å². The van der Waals surface area contributed by atoms with Crippen molar-refractivity contribution in [3.8, 4) is 0 Å². The summed E-state index contributed by atoms with van der Waals surface area (Å²) in [7, 11) is 0. The van der Waals surface area contributed by atoms with E-state index in [0.29, 0.717) is 11.4 Å². The lowest BCUT2D eigenvalue weighted by Gasteiger charge is -2.21. The van der Waals surface area contributed by atoms with Crippen molar-refractivity contribution in [3.05, 3.63) is 38.9 Å². The van der Waals surface area contributed by atoms with E-state index in [1.54, 1.807) is 13.0 Å². The van der Waals surface area contributed by atoms with E-state index in [1.165, 1.54) is 0 Å². The van der Waals surface area contributed by atoms with Crippen LogP contribution in [0.15, 0.2) is 12.1 Å². The Morgan fingerprint density at radius 3 is 2.35 bits per heavy atom. The van der Waals surface area contributed by atoms with Crippen LogP contribution in [0.25, 0.3) is 10.9 Å². The number of pyridine rings is 1. The Hall–Kier alpha value is -2.17. The molecule has 0 aliphatic rings. The minimum absolute atomic E-state index is 0.126. The molecule has 0 amide bonds. The number of aryl methyl sites for hydroxylation is 2. The van der Waals surface area contributed by atoms with E-state index in [4.69, 9.17) is 5.73 Å². The van der Waals surface area contributed by atoms with Crippen LogP contribution in [0.5, 0.6) is 0 Å². The zero-order valence-electron chi connectivity index (χ0n) is 12.4. The standard InChI is InChI=1S/C15H19N3O2/c1-8-6-12(18(19)20)9(2)10-7-11(15(3,4)5)14(16)17-13(8)10/h6-7H,1-5H3,(H2,16,17). The van der Waals surface area contributed by atoms with Gasteiger partial charge in [-0.3, -0.25) is 10.1 Å². The lowest BCUT2D eigenvalue weighted by Crippen LogP contribution is -2.15. The molecular formula is C15H19N3O2. The van der Waals surface area contributed by atoms with Crippen molar-refractivity contribution in [1.82, 2.24) is 4.98 Å². The van der Waals surface area contributed by atoms with Gasteiger partial charge in [0, 0.05) is 22.6 Å². The largest absolute Gasteiger partial charge is 0.383 e. The summed E-state index contributed by atoms with van der Waals surface area (Å²) < 4.78 is 0. The van der Waals surface area contributed by atoms with Gasteiger partial charge >= 0.3 is 0 Å². The van der Waals surface area contributed by atoms with Gasteiger partial charge in [-0.1, -0.05) is 20.8 Å². The van der Waals surface area contributed by atoms with Crippen molar-refractivity contribution in [2.45, 2.75) is 40.0 Å². The van der Waals surface area contributed by atoms with Crippen LogP contribution in [-0.4, -0.2) is 9.91 Å². The van der Waals surface area contributed by atoms with E-state index >= 15 is 0 Å². The Morgan fingerprint density at radius 1 is 1.25 bits per heavy atom. The van der Waals surface area contributed by atoms with Gasteiger partial charge in [0.05, 0.1) is 10.4 Å². The number of anilines is 1. The molecule has 0 saturated heterocycles. The maximum Gasteiger partial charge on any atom is 0.273 e. The molecule has 0 saturated carbocycles. The third-order valence-electron chi connectivity index (χ3n) is 3.57. The molecule has 5 heteroatoms. The highest BCUT2D eigenvalue weighted by Gasteiger charge is 2.22. The van der Waals surface area contributed by atoms with E-state index in [1.807, 2.05) is 33.8 Å². The maximum absolute atomic E-state index is 11.1. The van der Waals surface area contributed by atoms with Gasteiger partial charge in [0.1, 0.15) is 5.82 Å². The van der Waals surface area contributed by atoms with Crippen molar-refractivity contribution >= 4 is 22.4 Å². The van der Waals surface area contributed by atoms with Crippen molar-refractivity contribution < 1.29 is 4.92 Å². The summed E-state index contributed by atoms with van der Waals surface area (Å²) in [5.74, 6) is 0.487. The first-order chi connectivity index (χ1) is 9.12. The normalized spacial score (nSPS) is 11.8. The zero-order chi connectivity index (χ0) is 15.2. The van der Waals surface area contributed by atoms with Gasteiger partial charge in [-0.2, -0.15) is 0 Å². The summed E-state index contributed by atoms with van der Waals surface area (Å²) in [6.45, 7) is 9.71. The van der Waals surface area contributed by atoms with E-state index in [9.17, 15) is 10.1 Å². The molecule has 5 nitrogen and oxygen atoms in total. The maximum atomic E-state index is 11.1. The number of hydrogen-bond donors (Lipinski definition) is 1. The summed E-state index contributed by atoms with van der Waals surface area (Å²) in [6, 6.07) is 3.49. The lowest BCUT2D eigenvalue weighted by atomic mass is 9.86. The first-order valence-corrected chi connectivity index (χ1v) is 6.48. The fourth-order valence-electron chi connectivity index (χ4n) is 2.42. The number of fused-ring (bicyclic) bond motifs is 1. The van der Waals surface area contributed by atoms with Gasteiger partial charge in [-0.25, -0.2) is 4.98 Å². The Kier molecular flexibility index (Phi) is 3.16. The quantitative estimate of drug-likeness (QED) is 0.635. The summed E-state index contributed by atoms with van der Waals surface area (Å²) in [4.78, 5) is 15.2. The molecule has 0 spiro atoms. The number of nitrogen functional groups attached to an aromatic ring is 1. The lowest BCUT2D eigenvalue weighted by molar-refractivity contribution is -0.385. The van der Waals surface area contributed by atoms with Gasteiger partial charge in [-0.15, -0.1) is 0 Å². The third-order valence-corrected chi connectivity index (χ3v) is 3.57. The Bertz CT molecular complexity index is 715. The molecule has 2 N–H and O–H groups in total. The molecule has 0 fully saturated rings. The molecule has 0 aliphatic heterocycles. The van der Waals surface area contributed by atoms with Gasteiger partial charge in [0.2, 0.25) is 0 Å². The van der Waals surface area contributed by atoms with Gasteiger partial charge in [0.15, 0.2) is 0 Å². The van der Waals surface area contributed by atoms with Crippen molar-refractivity contribution in [3.63, 3.8) is 0 Å². The van der Waals surface area contributed by atoms with Gasteiger partial charge in [0.25, 0.3) is 5.69 Å². The number of hydrogen-bond acceptors (Lipinski definition) is 4.